The van der Waals surface area contributed by atoms with Crippen LogP contribution in [0.1, 0.15) is 29.0 Å². The number of amides is 1. The SMILES string of the molecule is Cc1c(C(=O)NCCC2CCNC2)nnn1-c1ccc2c(c1)OCCO2.Cl. The normalized spacial score (nSPS) is 18.0. The van der Waals surface area contributed by atoms with E-state index in [-0.39, 0.29) is 18.3 Å². The van der Waals surface area contributed by atoms with Gasteiger partial charge in [-0.25, -0.2) is 4.68 Å². The molecule has 2 aliphatic heterocycles. The van der Waals surface area contributed by atoms with Crippen molar-refractivity contribution in [3.05, 3.63) is 29.6 Å². The molecular weight excluding hydrogens is 370 g/mol. The average molecular weight is 394 g/mol. The lowest BCUT2D eigenvalue weighted by molar-refractivity contribution is 0.0946. The molecule has 8 nitrogen and oxygen atoms in total. The zero-order valence-electron chi connectivity index (χ0n) is 15.2. The number of nitrogens with zero attached hydrogens (tertiary/aromatic N) is 3. The van der Waals surface area contributed by atoms with Crippen LogP contribution in [0.15, 0.2) is 18.2 Å². The van der Waals surface area contributed by atoms with Crippen molar-refractivity contribution in [2.24, 2.45) is 5.92 Å². The van der Waals surface area contributed by atoms with E-state index in [0.29, 0.717) is 42.8 Å². The molecule has 146 valence electrons. The topological polar surface area (TPSA) is 90.3 Å². The lowest BCUT2D eigenvalue weighted by Gasteiger charge is -2.18. The van der Waals surface area contributed by atoms with Gasteiger partial charge in [0.15, 0.2) is 17.2 Å². The van der Waals surface area contributed by atoms with Crippen molar-refractivity contribution in [1.29, 1.82) is 0 Å². The summed E-state index contributed by atoms with van der Waals surface area (Å²) in [6, 6.07) is 5.58. The lowest BCUT2D eigenvalue weighted by Crippen LogP contribution is -2.27. The van der Waals surface area contributed by atoms with Crippen LogP contribution in [0.4, 0.5) is 0 Å². The maximum absolute atomic E-state index is 12.4. The molecule has 1 unspecified atom stereocenters. The van der Waals surface area contributed by atoms with Gasteiger partial charge >= 0.3 is 0 Å². The van der Waals surface area contributed by atoms with Gasteiger partial charge < -0.3 is 20.1 Å². The van der Waals surface area contributed by atoms with Crippen LogP contribution in [0.25, 0.3) is 5.69 Å². The van der Waals surface area contributed by atoms with Crippen LogP contribution in [-0.2, 0) is 0 Å². The van der Waals surface area contributed by atoms with E-state index >= 15 is 0 Å². The highest BCUT2D eigenvalue weighted by atomic mass is 35.5. The van der Waals surface area contributed by atoms with Gasteiger partial charge in [-0.15, -0.1) is 17.5 Å². The third-order valence-corrected chi connectivity index (χ3v) is 4.88. The molecule has 3 heterocycles. The van der Waals surface area contributed by atoms with Crippen LogP contribution >= 0.6 is 12.4 Å². The molecule has 0 bridgehead atoms. The molecular formula is C18H24ClN5O3. The number of nitrogens with one attached hydrogen (secondary N) is 2. The zero-order chi connectivity index (χ0) is 17.9. The van der Waals surface area contributed by atoms with E-state index in [1.165, 1.54) is 6.42 Å². The van der Waals surface area contributed by atoms with Crippen LogP contribution in [0, 0.1) is 12.8 Å². The largest absolute Gasteiger partial charge is 0.486 e. The number of fused-ring (bicyclic) bond motifs is 1. The Morgan fingerprint density at radius 3 is 2.93 bits per heavy atom. The van der Waals surface area contributed by atoms with Crippen LogP contribution < -0.4 is 20.1 Å². The summed E-state index contributed by atoms with van der Waals surface area (Å²) < 4.78 is 12.8. The number of carbonyl (C=O) groups is 1. The Hall–Kier alpha value is -2.32. The number of halogens is 1. The highest BCUT2D eigenvalue weighted by Crippen LogP contribution is 2.32. The minimum atomic E-state index is -0.183. The molecule has 1 aromatic heterocycles. The molecule has 1 amide bonds. The quantitative estimate of drug-likeness (QED) is 0.800. The van der Waals surface area contributed by atoms with Crippen molar-refractivity contribution >= 4 is 18.3 Å². The molecule has 1 saturated heterocycles. The fourth-order valence-electron chi connectivity index (χ4n) is 3.38. The van der Waals surface area contributed by atoms with Gasteiger partial charge in [0.05, 0.1) is 11.4 Å². The number of benzene rings is 1. The Morgan fingerprint density at radius 2 is 2.15 bits per heavy atom. The van der Waals surface area contributed by atoms with Crippen LogP contribution in [0.2, 0.25) is 0 Å². The highest BCUT2D eigenvalue weighted by Gasteiger charge is 2.20. The molecule has 0 saturated carbocycles. The summed E-state index contributed by atoms with van der Waals surface area (Å²) in [6.07, 6.45) is 2.16. The first-order chi connectivity index (χ1) is 12.7. The number of hydrogen-bond acceptors (Lipinski definition) is 6. The van der Waals surface area contributed by atoms with Gasteiger partial charge in [-0.2, -0.15) is 0 Å². The van der Waals surface area contributed by atoms with Crippen molar-refractivity contribution in [3.8, 4) is 17.2 Å². The molecule has 9 heteroatoms. The Kier molecular flexibility index (Phi) is 6.18. The molecule has 1 fully saturated rings. The molecule has 0 spiro atoms. The van der Waals surface area contributed by atoms with Crippen LogP contribution in [0.5, 0.6) is 11.5 Å². The Balaban J connectivity index is 0.00000210. The van der Waals surface area contributed by atoms with Gasteiger partial charge in [0.25, 0.3) is 5.91 Å². The molecule has 2 aromatic rings. The molecule has 0 radical (unpaired) electrons. The maximum atomic E-state index is 12.4. The van der Waals surface area contributed by atoms with E-state index in [1.54, 1.807) is 4.68 Å². The zero-order valence-corrected chi connectivity index (χ0v) is 16.1. The average Bonchev–Trinajstić information content (AvgIpc) is 3.31. The highest BCUT2D eigenvalue weighted by molar-refractivity contribution is 5.93. The van der Waals surface area contributed by atoms with E-state index in [0.717, 1.165) is 30.9 Å². The Labute approximate surface area is 164 Å². The van der Waals surface area contributed by atoms with Crippen molar-refractivity contribution < 1.29 is 14.3 Å². The van der Waals surface area contributed by atoms with E-state index in [4.69, 9.17) is 9.47 Å². The van der Waals surface area contributed by atoms with E-state index in [9.17, 15) is 4.79 Å². The summed E-state index contributed by atoms with van der Waals surface area (Å²) in [5.41, 5.74) is 1.83. The fourth-order valence-corrected chi connectivity index (χ4v) is 3.38. The van der Waals surface area contributed by atoms with E-state index < -0.39 is 0 Å². The molecule has 0 aliphatic carbocycles. The third-order valence-electron chi connectivity index (χ3n) is 4.88. The molecule has 4 rings (SSSR count). The number of rotatable bonds is 5. The second-order valence-corrected chi connectivity index (χ2v) is 6.67. The molecule has 2 N–H and O–H groups in total. The standard InChI is InChI=1S/C18H23N5O3.ClH/c1-12-17(18(24)20-7-5-13-4-6-19-11-13)21-22-23(12)14-2-3-15-16(10-14)26-9-8-25-15;/h2-3,10,13,19H,4-9,11H2,1H3,(H,20,24);1H. The lowest BCUT2D eigenvalue weighted by atomic mass is 10.1. The summed E-state index contributed by atoms with van der Waals surface area (Å²) in [7, 11) is 0. The van der Waals surface area contributed by atoms with Gasteiger partial charge in [0, 0.05) is 12.6 Å². The van der Waals surface area contributed by atoms with E-state index in [1.807, 2.05) is 25.1 Å². The first-order valence-electron chi connectivity index (χ1n) is 9.03. The molecule has 2 aliphatic rings. The summed E-state index contributed by atoms with van der Waals surface area (Å²) in [5, 5.41) is 14.5. The first kappa shape index (κ1) is 19.4. The summed E-state index contributed by atoms with van der Waals surface area (Å²) in [6.45, 7) is 5.68. The maximum Gasteiger partial charge on any atom is 0.273 e. The number of ether oxygens (including phenoxy) is 2. The molecule has 1 aromatic carbocycles. The smallest absolute Gasteiger partial charge is 0.273 e. The van der Waals surface area contributed by atoms with Crippen molar-refractivity contribution in [2.75, 3.05) is 32.8 Å². The van der Waals surface area contributed by atoms with Gasteiger partial charge in [-0.1, -0.05) is 5.21 Å². The van der Waals surface area contributed by atoms with Crippen molar-refractivity contribution in [3.63, 3.8) is 0 Å². The number of hydrogen-bond donors (Lipinski definition) is 2. The molecule has 1 atom stereocenters. The fraction of sp³-hybridized carbons (Fsp3) is 0.500. The van der Waals surface area contributed by atoms with Crippen molar-refractivity contribution in [1.82, 2.24) is 25.6 Å². The van der Waals surface area contributed by atoms with Gasteiger partial charge in [0.2, 0.25) is 0 Å². The van der Waals surface area contributed by atoms with Crippen molar-refractivity contribution in [2.45, 2.75) is 19.8 Å². The monoisotopic (exact) mass is 393 g/mol. The summed E-state index contributed by atoms with van der Waals surface area (Å²) >= 11 is 0. The Bertz CT molecular complexity index is 804. The Morgan fingerprint density at radius 1 is 1.33 bits per heavy atom. The predicted octanol–water partition coefficient (Wildman–Crippen LogP) is 1.50. The second kappa shape index (κ2) is 8.58. The number of aromatic nitrogens is 3. The third kappa shape index (κ3) is 4.17. The van der Waals surface area contributed by atoms with E-state index in [2.05, 4.69) is 20.9 Å². The number of carbonyl (C=O) groups excluding carboxylic acids is 1. The minimum Gasteiger partial charge on any atom is -0.486 e. The second-order valence-electron chi connectivity index (χ2n) is 6.67. The summed E-state index contributed by atoms with van der Waals surface area (Å²) in [5.74, 6) is 1.86. The molecule has 27 heavy (non-hydrogen) atoms. The van der Waals surface area contributed by atoms with Gasteiger partial charge in [0.1, 0.15) is 13.2 Å². The van der Waals surface area contributed by atoms with Crippen LogP contribution in [0.3, 0.4) is 0 Å². The van der Waals surface area contributed by atoms with Crippen LogP contribution in [-0.4, -0.2) is 53.7 Å². The summed E-state index contributed by atoms with van der Waals surface area (Å²) in [4.78, 5) is 12.4. The van der Waals surface area contributed by atoms with Gasteiger partial charge in [-0.05, 0) is 50.9 Å². The minimum absolute atomic E-state index is 0. The van der Waals surface area contributed by atoms with Gasteiger partial charge in [-0.3, -0.25) is 4.79 Å². The first-order valence-corrected chi connectivity index (χ1v) is 9.03. The predicted molar refractivity (Wildman–Crippen MR) is 102 cm³/mol.